The quantitative estimate of drug-likeness (QED) is 0.681. The van der Waals surface area contributed by atoms with Gasteiger partial charge < -0.3 is 9.64 Å². The predicted molar refractivity (Wildman–Crippen MR) is 81.0 cm³/mol. The molecule has 22 heavy (non-hydrogen) atoms. The van der Waals surface area contributed by atoms with Crippen molar-refractivity contribution in [3.8, 4) is 0 Å². The van der Waals surface area contributed by atoms with E-state index in [4.69, 9.17) is 0 Å². The largest absolute Gasteiger partial charge is 0.469 e. The van der Waals surface area contributed by atoms with Crippen molar-refractivity contribution in [1.29, 1.82) is 0 Å². The van der Waals surface area contributed by atoms with Crippen LogP contribution in [-0.2, 0) is 16.0 Å². The molecule has 3 rings (SSSR count). The van der Waals surface area contributed by atoms with Crippen molar-refractivity contribution >= 4 is 23.3 Å². The lowest BCUT2D eigenvalue weighted by Crippen LogP contribution is -2.16. The second-order valence-corrected chi connectivity index (χ2v) is 4.73. The molecule has 0 fully saturated rings. The number of anilines is 2. The predicted octanol–water partition coefficient (Wildman–Crippen LogP) is 1.61. The van der Waals surface area contributed by atoms with Crippen LogP contribution in [0.3, 0.4) is 0 Å². The summed E-state index contributed by atoms with van der Waals surface area (Å²) >= 11 is 0. The van der Waals surface area contributed by atoms with Gasteiger partial charge in [0, 0.05) is 18.3 Å². The number of esters is 1. The Bertz CT molecular complexity index is 800. The van der Waals surface area contributed by atoms with Crippen molar-refractivity contribution in [3.05, 3.63) is 48.4 Å². The molecule has 0 saturated carbocycles. The number of ether oxygens (including phenoxy) is 1. The first-order chi connectivity index (χ1) is 10.7. The second-order valence-electron chi connectivity index (χ2n) is 4.73. The van der Waals surface area contributed by atoms with Gasteiger partial charge in [-0.3, -0.25) is 4.79 Å². The van der Waals surface area contributed by atoms with Gasteiger partial charge in [-0.1, -0.05) is 18.2 Å². The molecule has 0 N–H and O–H groups in total. The fraction of sp³-hybridized carbons (Fsp3) is 0.200. The van der Waals surface area contributed by atoms with E-state index in [-0.39, 0.29) is 12.4 Å². The van der Waals surface area contributed by atoms with Crippen LogP contribution in [0.5, 0.6) is 0 Å². The topological polar surface area (TPSA) is 72.6 Å². The maximum absolute atomic E-state index is 11.5. The third kappa shape index (κ3) is 2.48. The minimum atomic E-state index is -0.327. The Morgan fingerprint density at radius 3 is 2.77 bits per heavy atom. The van der Waals surface area contributed by atoms with Gasteiger partial charge in [0.1, 0.15) is 6.33 Å². The first kappa shape index (κ1) is 14.0. The molecule has 0 saturated heterocycles. The van der Waals surface area contributed by atoms with Gasteiger partial charge in [-0.05, 0) is 12.1 Å². The van der Waals surface area contributed by atoms with Gasteiger partial charge in [0.05, 0.1) is 19.7 Å². The van der Waals surface area contributed by atoms with Crippen LogP contribution in [0.15, 0.2) is 42.9 Å². The third-order valence-corrected chi connectivity index (χ3v) is 3.37. The fourth-order valence-corrected chi connectivity index (χ4v) is 2.20. The molecule has 0 aliphatic heterocycles. The Morgan fingerprint density at radius 1 is 1.27 bits per heavy atom. The smallest absolute Gasteiger partial charge is 0.310 e. The molecule has 0 bridgehead atoms. The third-order valence-electron chi connectivity index (χ3n) is 3.37. The lowest BCUT2D eigenvalue weighted by atomic mass is 10.2. The minimum Gasteiger partial charge on any atom is -0.469 e. The van der Waals surface area contributed by atoms with E-state index in [0.29, 0.717) is 17.2 Å². The Balaban J connectivity index is 2.03. The zero-order valence-corrected chi connectivity index (χ0v) is 12.3. The number of rotatable bonds is 4. The van der Waals surface area contributed by atoms with E-state index in [1.54, 1.807) is 10.7 Å². The summed E-state index contributed by atoms with van der Waals surface area (Å²) in [5.41, 5.74) is 2.28. The molecule has 0 aliphatic rings. The molecule has 2 heterocycles. The zero-order chi connectivity index (χ0) is 15.5. The molecule has 0 aliphatic carbocycles. The Kier molecular flexibility index (Phi) is 3.69. The van der Waals surface area contributed by atoms with Gasteiger partial charge in [0.2, 0.25) is 5.95 Å². The summed E-state index contributed by atoms with van der Waals surface area (Å²) in [6.45, 7) is 0. The van der Waals surface area contributed by atoms with Gasteiger partial charge in [0.25, 0.3) is 0 Å². The number of para-hydroxylation sites is 1. The van der Waals surface area contributed by atoms with Crippen LogP contribution in [0.25, 0.3) is 5.65 Å². The number of aromatic nitrogens is 4. The normalized spacial score (nSPS) is 10.6. The molecule has 2 aromatic heterocycles. The van der Waals surface area contributed by atoms with Crippen molar-refractivity contribution in [2.45, 2.75) is 6.42 Å². The highest BCUT2D eigenvalue weighted by Gasteiger charge is 2.16. The first-order valence-corrected chi connectivity index (χ1v) is 6.74. The van der Waals surface area contributed by atoms with Crippen LogP contribution >= 0.6 is 0 Å². The summed E-state index contributed by atoms with van der Waals surface area (Å²) < 4.78 is 6.31. The molecule has 7 nitrogen and oxygen atoms in total. The van der Waals surface area contributed by atoms with Gasteiger partial charge >= 0.3 is 5.97 Å². The number of carbonyl (C=O) groups excluding carboxylic acids is 1. The molecular formula is C15H15N5O2. The summed E-state index contributed by atoms with van der Waals surface area (Å²) in [6.07, 6.45) is 3.21. The van der Waals surface area contributed by atoms with Gasteiger partial charge in [-0.15, -0.1) is 0 Å². The number of hydrogen-bond donors (Lipinski definition) is 0. The summed E-state index contributed by atoms with van der Waals surface area (Å²) in [5, 5.41) is 4.29. The Hall–Kier alpha value is -2.96. The monoisotopic (exact) mass is 297 g/mol. The molecule has 0 radical (unpaired) electrons. The number of fused-ring (bicyclic) bond motifs is 1. The number of nitrogens with zero attached hydrogens (tertiary/aromatic N) is 5. The number of hydrogen-bond acceptors (Lipinski definition) is 6. The van der Waals surface area contributed by atoms with Crippen LogP contribution in [0, 0.1) is 0 Å². The van der Waals surface area contributed by atoms with Crippen molar-refractivity contribution in [1.82, 2.24) is 19.6 Å². The van der Waals surface area contributed by atoms with E-state index in [1.807, 2.05) is 42.3 Å². The van der Waals surface area contributed by atoms with Crippen LogP contribution < -0.4 is 4.90 Å². The Labute approximate surface area is 127 Å². The molecule has 0 atom stereocenters. The summed E-state index contributed by atoms with van der Waals surface area (Å²) in [5.74, 6) is 0.291. The van der Waals surface area contributed by atoms with Crippen molar-refractivity contribution in [3.63, 3.8) is 0 Å². The maximum atomic E-state index is 11.5. The molecule has 7 heteroatoms. The van der Waals surface area contributed by atoms with Crippen molar-refractivity contribution < 1.29 is 9.53 Å². The summed E-state index contributed by atoms with van der Waals surface area (Å²) in [4.78, 5) is 21.9. The van der Waals surface area contributed by atoms with E-state index in [0.717, 1.165) is 5.69 Å². The standard InChI is InChI=1S/C15H15N5O2/c1-19(12-6-4-3-5-7-12)15-17-10-16-14-11(8-13(21)22-2)9-18-20(14)15/h3-7,9-10H,8H2,1-2H3. The average Bonchev–Trinajstić information content (AvgIpc) is 2.98. The lowest BCUT2D eigenvalue weighted by Gasteiger charge is -2.18. The van der Waals surface area contributed by atoms with Crippen LogP contribution in [-0.4, -0.2) is 39.7 Å². The van der Waals surface area contributed by atoms with Gasteiger partial charge in [0.15, 0.2) is 5.65 Å². The Morgan fingerprint density at radius 2 is 2.05 bits per heavy atom. The van der Waals surface area contributed by atoms with E-state index in [9.17, 15) is 4.79 Å². The van der Waals surface area contributed by atoms with Crippen LogP contribution in [0.2, 0.25) is 0 Å². The fourth-order valence-electron chi connectivity index (χ4n) is 2.20. The zero-order valence-electron chi connectivity index (χ0n) is 12.3. The highest BCUT2D eigenvalue weighted by atomic mass is 16.5. The van der Waals surface area contributed by atoms with E-state index in [2.05, 4.69) is 19.8 Å². The maximum Gasteiger partial charge on any atom is 0.310 e. The molecule has 0 unspecified atom stereocenters. The highest BCUT2D eigenvalue weighted by Crippen LogP contribution is 2.22. The van der Waals surface area contributed by atoms with E-state index in [1.165, 1.54) is 13.4 Å². The second kappa shape index (κ2) is 5.80. The van der Waals surface area contributed by atoms with Crippen LogP contribution in [0.1, 0.15) is 5.56 Å². The molecule has 0 amide bonds. The summed E-state index contributed by atoms with van der Waals surface area (Å²) in [7, 11) is 3.26. The molecule has 0 spiro atoms. The average molecular weight is 297 g/mol. The number of benzene rings is 1. The van der Waals surface area contributed by atoms with Gasteiger partial charge in [-0.25, -0.2) is 9.97 Å². The SMILES string of the molecule is COC(=O)Cc1cnn2c(N(C)c3ccccc3)ncnc12. The summed E-state index contributed by atoms with van der Waals surface area (Å²) in [6, 6.07) is 9.82. The van der Waals surface area contributed by atoms with Crippen molar-refractivity contribution in [2.75, 3.05) is 19.1 Å². The highest BCUT2D eigenvalue weighted by molar-refractivity contribution is 5.75. The van der Waals surface area contributed by atoms with E-state index < -0.39 is 0 Å². The molecule has 1 aromatic carbocycles. The molecule has 112 valence electrons. The van der Waals surface area contributed by atoms with Gasteiger partial charge in [-0.2, -0.15) is 9.61 Å². The van der Waals surface area contributed by atoms with Crippen molar-refractivity contribution in [2.24, 2.45) is 0 Å². The molecule has 3 aromatic rings. The molecular weight excluding hydrogens is 282 g/mol. The minimum absolute atomic E-state index is 0.130. The lowest BCUT2D eigenvalue weighted by molar-refractivity contribution is -0.139. The van der Waals surface area contributed by atoms with Crippen LogP contribution in [0.4, 0.5) is 11.6 Å². The number of carbonyl (C=O) groups is 1. The first-order valence-electron chi connectivity index (χ1n) is 6.74. The van der Waals surface area contributed by atoms with E-state index >= 15 is 0 Å². The number of methoxy groups -OCH3 is 1.